The summed E-state index contributed by atoms with van der Waals surface area (Å²) in [6.45, 7) is 1.85. The van der Waals surface area contributed by atoms with Crippen molar-refractivity contribution in [3.05, 3.63) is 27.1 Å². The van der Waals surface area contributed by atoms with Gasteiger partial charge in [-0.1, -0.05) is 0 Å². The summed E-state index contributed by atoms with van der Waals surface area (Å²) in [5.74, 6) is -0.831. The molecule has 0 aliphatic rings. The van der Waals surface area contributed by atoms with Crippen LogP contribution in [0.1, 0.15) is 16.9 Å². The maximum absolute atomic E-state index is 11.9. The molecule has 1 N–H and O–H groups in total. The van der Waals surface area contributed by atoms with Gasteiger partial charge in [0.15, 0.2) is 0 Å². The van der Waals surface area contributed by atoms with Gasteiger partial charge in [0, 0.05) is 11.9 Å². The van der Waals surface area contributed by atoms with Crippen LogP contribution in [0.5, 0.6) is 0 Å². The van der Waals surface area contributed by atoms with E-state index in [0.717, 1.165) is 10.4 Å². The third kappa shape index (κ3) is 2.08. The Morgan fingerprint density at radius 2 is 2.29 bits per heavy atom. The van der Waals surface area contributed by atoms with Gasteiger partial charge in [0.1, 0.15) is 4.83 Å². The van der Waals surface area contributed by atoms with Crippen LogP contribution in [0.4, 0.5) is 0 Å². The smallest absolute Gasteiger partial charge is 0.303 e. The molecule has 0 unspecified atom stereocenters. The highest BCUT2D eigenvalue weighted by atomic mass is 32.1. The summed E-state index contributed by atoms with van der Waals surface area (Å²) in [6, 6.07) is 0. The Morgan fingerprint density at radius 1 is 1.59 bits per heavy atom. The van der Waals surface area contributed by atoms with Crippen LogP contribution in [0.15, 0.2) is 11.1 Å². The van der Waals surface area contributed by atoms with E-state index in [0.29, 0.717) is 16.6 Å². The second-order valence-corrected chi connectivity index (χ2v) is 4.97. The Kier molecular flexibility index (Phi) is 2.97. The zero-order valence-corrected chi connectivity index (χ0v) is 10.4. The fraction of sp³-hybridized carbons (Fsp3) is 0.364. The van der Waals surface area contributed by atoms with Crippen molar-refractivity contribution in [2.24, 2.45) is 7.05 Å². The van der Waals surface area contributed by atoms with Gasteiger partial charge in [0.05, 0.1) is 18.1 Å². The summed E-state index contributed by atoms with van der Waals surface area (Å²) in [5, 5.41) is 9.27. The Labute approximate surface area is 101 Å². The van der Waals surface area contributed by atoms with Crippen LogP contribution in [-0.4, -0.2) is 20.6 Å². The van der Waals surface area contributed by atoms with Gasteiger partial charge in [-0.3, -0.25) is 9.59 Å². The molecule has 0 atom stereocenters. The number of carboxylic acids is 1. The van der Waals surface area contributed by atoms with E-state index in [9.17, 15) is 9.59 Å². The standard InChI is InChI=1S/C11H12N2O3S/c1-6-7(3-4-8(14)15)17-10-9(6)11(16)13(2)5-12-10/h5H,3-4H2,1-2H3,(H,14,15). The van der Waals surface area contributed by atoms with Gasteiger partial charge in [-0.05, 0) is 18.9 Å². The molecule has 0 aliphatic heterocycles. The number of carboxylic acid groups (broad SMARTS) is 1. The summed E-state index contributed by atoms with van der Waals surface area (Å²) >= 11 is 1.40. The summed E-state index contributed by atoms with van der Waals surface area (Å²) < 4.78 is 1.43. The number of carbonyl (C=O) groups is 1. The van der Waals surface area contributed by atoms with E-state index in [2.05, 4.69) is 4.98 Å². The van der Waals surface area contributed by atoms with Crippen molar-refractivity contribution in [1.82, 2.24) is 9.55 Å². The molecular weight excluding hydrogens is 240 g/mol. The van der Waals surface area contributed by atoms with Crippen LogP contribution in [0.2, 0.25) is 0 Å². The minimum atomic E-state index is -0.831. The molecule has 2 rings (SSSR count). The number of thiophene rings is 1. The van der Waals surface area contributed by atoms with Crippen LogP contribution in [0.3, 0.4) is 0 Å². The maximum atomic E-state index is 11.9. The highest BCUT2D eigenvalue weighted by Crippen LogP contribution is 2.27. The lowest BCUT2D eigenvalue weighted by Gasteiger charge is -1.97. The lowest BCUT2D eigenvalue weighted by molar-refractivity contribution is -0.136. The zero-order valence-electron chi connectivity index (χ0n) is 9.56. The van der Waals surface area contributed by atoms with Crippen LogP contribution >= 0.6 is 11.3 Å². The molecule has 6 heteroatoms. The molecule has 0 bridgehead atoms. The van der Waals surface area contributed by atoms with Crippen molar-refractivity contribution < 1.29 is 9.90 Å². The first-order valence-corrected chi connectivity index (χ1v) is 5.97. The van der Waals surface area contributed by atoms with Gasteiger partial charge in [0.25, 0.3) is 5.56 Å². The van der Waals surface area contributed by atoms with Crippen LogP contribution in [0.25, 0.3) is 10.2 Å². The molecule has 5 nitrogen and oxygen atoms in total. The van der Waals surface area contributed by atoms with Gasteiger partial charge in [-0.15, -0.1) is 11.3 Å². The predicted octanol–water partition coefficient (Wildman–Crippen LogP) is 1.32. The van der Waals surface area contributed by atoms with Crippen LogP contribution in [0, 0.1) is 6.92 Å². The number of hydrogen-bond acceptors (Lipinski definition) is 4. The first kappa shape index (κ1) is 11.8. The number of rotatable bonds is 3. The predicted molar refractivity (Wildman–Crippen MR) is 65.6 cm³/mol. The highest BCUT2D eigenvalue weighted by molar-refractivity contribution is 7.18. The van der Waals surface area contributed by atoms with Crippen molar-refractivity contribution in [1.29, 1.82) is 0 Å². The number of aromatic nitrogens is 2. The van der Waals surface area contributed by atoms with Gasteiger partial charge in [0.2, 0.25) is 0 Å². The Bertz CT molecular complexity index is 642. The number of hydrogen-bond donors (Lipinski definition) is 1. The molecular formula is C11H12N2O3S. The molecule has 0 spiro atoms. The molecule has 0 aliphatic carbocycles. The van der Waals surface area contributed by atoms with E-state index >= 15 is 0 Å². The fourth-order valence-corrected chi connectivity index (χ4v) is 2.85. The molecule has 0 saturated heterocycles. The van der Waals surface area contributed by atoms with Crippen molar-refractivity contribution in [2.75, 3.05) is 0 Å². The number of aliphatic carboxylic acids is 1. The Morgan fingerprint density at radius 3 is 2.94 bits per heavy atom. The first-order chi connectivity index (χ1) is 8.00. The lowest BCUT2D eigenvalue weighted by atomic mass is 10.1. The first-order valence-electron chi connectivity index (χ1n) is 5.16. The maximum Gasteiger partial charge on any atom is 0.303 e. The van der Waals surface area contributed by atoms with E-state index < -0.39 is 5.97 Å². The molecule has 2 aromatic heterocycles. The van der Waals surface area contributed by atoms with E-state index in [1.165, 1.54) is 22.2 Å². The lowest BCUT2D eigenvalue weighted by Crippen LogP contribution is -2.16. The normalized spacial score (nSPS) is 10.9. The van der Waals surface area contributed by atoms with Crippen LogP contribution in [-0.2, 0) is 18.3 Å². The molecule has 0 amide bonds. The fourth-order valence-electron chi connectivity index (χ4n) is 1.71. The Hall–Kier alpha value is -1.69. The number of fused-ring (bicyclic) bond motifs is 1. The van der Waals surface area contributed by atoms with Gasteiger partial charge < -0.3 is 9.67 Å². The third-order valence-corrected chi connectivity index (χ3v) is 3.93. The molecule has 17 heavy (non-hydrogen) atoms. The molecule has 2 aromatic rings. The minimum Gasteiger partial charge on any atom is -0.481 e. The third-order valence-electron chi connectivity index (χ3n) is 2.68. The number of nitrogens with zero attached hydrogens (tertiary/aromatic N) is 2. The van der Waals surface area contributed by atoms with Crippen LogP contribution < -0.4 is 5.56 Å². The van der Waals surface area contributed by atoms with E-state index in [1.54, 1.807) is 7.05 Å². The highest BCUT2D eigenvalue weighted by Gasteiger charge is 2.14. The van der Waals surface area contributed by atoms with E-state index in [1.807, 2.05) is 6.92 Å². The van der Waals surface area contributed by atoms with E-state index in [4.69, 9.17) is 5.11 Å². The average molecular weight is 252 g/mol. The molecule has 0 fully saturated rings. The largest absolute Gasteiger partial charge is 0.481 e. The Balaban J connectivity index is 2.54. The molecule has 0 radical (unpaired) electrons. The van der Waals surface area contributed by atoms with Crippen molar-refractivity contribution in [3.8, 4) is 0 Å². The average Bonchev–Trinajstić information content (AvgIpc) is 2.59. The summed E-state index contributed by atoms with van der Waals surface area (Å²) in [4.78, 5) is 28.3. The van der Waals surface area contributed by atoms with Gasteiger partial charge in [-0.2, -0.15) is 0 Å². The zero-order chi connectivity index (χ0) is 12.6. The monoisotopic (exact) mass is 252 g/mol. The van der Waals surface area contributed by atoms with Crippen molar-refractivity contribution >= 4 is 27.5 Å². The van der Waals surface area contributed by atoms with Crippen molar-refractivity contribution in [3.63, 3.8) is 0 Å². The van der Waals surface area contributed by atoms with Crippen molar-refractivity contribution in [2.45, 2.75) is 19.8 Å². The molecule has 90 valence electrons. The second-order valence-electron chi connectivity index (χ2n) is 3.88. The van der Waals surface area contributed by atoms with Gasteiger partial charge in [-0.25, -0.2) is 4.98 Å². The van der Waals surface area contributed by atoms with E-state index in [-0.39, 0.29) is 12.0 Å². The molecule has 0 saturated carbocycles. The number of aryl methyl sites for hydroxylation is 3. The summed E-state index contributed by atoms with van der Waals surface area (Å²) in [7, 11) is 1.66. The second kappa shape index (κ2) is 4.29. The molecule has 0 aromatic carbocycles. The SMILES string of the molecule is Cc1c(CCC(=O)O)sc2ncn(C)c(=O)c12. The quantitative estimate of drug-likeness (QED) is 0.894. The summed E-state index contributed by atoms with van der Waals surface area (Å²) in [5.41, 5.74) is 0.783. The topological polar surface area (TPSA) is 72.2 Å². The van der Waals surface area contributed by atoms with Gasteiger partial charge >= 0.3 is 5.97 Å². The summed E-state index contributed by atoms with van der Waals surface area (Å²) in [6.07, 6.45) is 2.01. The molecule has 2 heterocycles. The minimum absolute atomic E-state index is 0.0774.